The van der Waals surface area contributed by atoms with Gasteiger partial charge in [0.15, 0.2) is 22.1 Å². The SMILES string of the molecule is CCOc1cc([C@@H]2c3c(oc4ccc(Cl)cc4c3=O)C(=O)N2c2nc(C)c(C)s2)ccc1OCc1ccccc1. The van der Waals surface area contributed by atoms with Gasteiger partial charge in [-0.25, -0.2) is 4.98 Å². The molecule has 0 radical (unpaired) electrons. The number of ether oxygens (including phenoxy) is 2. The van der Waals surface area contributed by atoms with Crippen LogP contribution in [0.4, 0.5) is 5.13 Å². The van der Waals surface area contributed by atoms with Crippen LogP contribution in [0.25, 0.3) is 11.0 Å². The number of hydrogen-bond acceptors (Lipinski definition) is 7. The van der Waals surface area contributed by atoms with Gasteiger partial charge < -0.3 is 13.9 Å². The zero-order valence-corrected chi connectivity index (χ0v) is 23.6. The van der Waals surface area contributed by atoms with Gasteiger partial charge in [-0.3, -0.25) is 14.5 Å². The number of aromatic nitrogens is 1. The van der Waals surface area contributed by atoms with Gasteiger partial charge in [0.2, 0.25) is 5.76 Å². The molecule has 1 amide bonds. The molecule has 202 valence electrons. The van der Waals surface area contributed by atoms with Gasteiger partial charge in [0.05, 0.1) is 29.3 Å². The Morgan fingerprint density at radius 2 is 1.80 bits per heavy atom. The number of anilines is 1. The average molecular weight is 573 g/mol. The van der Waals surface area contributed by atoms with E-state index >= 15 is 0 Å². The summed E-state index contributed by atoms with van der Waals surface area (Å²) in [4.78, 5) is 35.0. The minimum absolute atomic E-state index is 0.00214. The maximum Gasteiger partial charge on any atom is 0.297 e. The van der Waals surface area contributed by atoms with Crippen molar-refractivity contribution in [3.63, 3.8) is 0 Å². The molecular weight excluding hydrogens is 548 g/mol. The Labute approximate surface area is 239 Å². The van der Waals surface area contributed by atoms with E-state index in [-0.39, 0.29) is 16.8 Å². The summed E-state index contributed by atoms with van der Waals surface area (Å²) in [5.41, 5.74) is 2.74. The van der Waals surface area contributed by atoms with Crippen molar-refractivity contribution in [2.45, 2.75) is 33.4 Å². The molecule has 3 aromatic carbocycles. The summed E-state index contributed by atoms with van der Waals surface area (Å²) in [6, 6.07) is 19.3. The first-order valence-electron chi connectivity index (χ1n) is 12.8. The van der Waals surface area contributed by atoms with Crippen LogP contribution in [0.15, 0.2) is 75.9 Å². The molecule has 1 aliphatic heterocycles. The molecule has 2 aromatic heterocycles. The second-order valence-electron chi connectivity index (χ2n) is 9.44. The molecule has 0 N–H and O–H groups in total. The van der Waals surface area contributed by atoms with Gasteiger partial charge in [0, 0.05) is 9.90 Å². The normalized spacial score (nSPS) is 14.6. The van der Waals surface area contributed by atoms with E-state index in [2.05, 4.69) is 4.98 Å². The van der Waals surface area contributed by atoms with Crippen molar-refractivity contribution in [2.75, 3.05) is 11.5 Å². The average Bonchev–Trinajstić information content (AvgIpc) is 3.44. The van der Waals surface area contributed by atoms with Crippen LogP contribution in [0.2, 0.25) is 5.02 Å². The predicted octanol–water partition coefficient (Wildman–Crippen LogP) is 7.25. The van der Waals surface area contributed by atoms with E-state index in [1.54, 1.807) is 18.2 Å². The minimum Gasteiger partial charge on any atom is -0.490 e. The molecule has 40 heavy (non-hydrogen) atoms. The summed E-state index contributed by atoms with van der Waals surface area (Å²) in [6.07, 6.45) is 0. The highest BCUT2D eigenvalue weighted by Gasteiger charge is 2.45. The van der Waals surface area contributed by atoms with E-state index in [1.165, 1.54) is 16.2 Å². The van der Waals surface area contributed by atoms with Gasteiger partial charge in [-0.05, 0) is 62.2 Å². The van der Waals surface area contributed by atoms with Crippen LogP contribution < -0.4 is 19.8 Å². The monoisotopic (exact) mass is 572 g/mol. The molecule has 6 rings (SSSR count). The molecule has 0 unspecified atom stereocenters. The number of fused-ring (bicyclic) bond motifs is 2. The maximum absolute atomic E-state index is 13.9. The molecular formula is C31H25ClN2O5S. The Hall–Kier alpha value is -4.14. The molecule has 0 bridgehead atoms. The number of amides is 1. The van der Waals surface area contributed by atoms with Gasteiger partial charge in [-0.15, -0.1) is 11.3 Å². The Morgan fingerprint density at radius 1 is 1.00 bits per heavy atom. The molecule has 0 aliphatic carbocycles. The number of rotatable bonds is 7. The van der Waals surface area contributed by atoms with Gasteiger partial charge in [-0.2, -0.15) is 0 Å². The summed E-state index contributed by atoms with van der Waals surface area (Å²) in [7, 11) is 0. The first-order chi connectivity index (χ1) is 19.4. The number of aryl methyl sites for hydroxylation is 2. The van der Waals surface area contributed by atoms with E-state index in [4.69, 9.17) is 25.5 Å². The topological polar surface area (TPSA) is 81.9 Å². The van der Waals surface area contributed by atoms with E-state index in [0.29, 0.717) is 51.4 Å². The fourth-order valence-electron chi connectivity index (χ4n) is 4.83. The van der Waals surface area contributed by atoms with Crippen molar-refractivity contribution in [1.82, 2.24) is 4.98 Å². The third kappa shape index (κ3) is 4.53. The van der Waals surface area contributed by atoms with E-state index in [0.717, 1.165) is 16.1 Å². The molecule has 9 heteroatoms. The van der Waals surface area contributed by atoms with Crippen LogP contribution in [-0.2, 0) is 6.61 Å². The fraction of sp³-hybridized carbons (Fsp3) is 0.194. The third-order valence-electron chi connectivity index (χ3n) is 6.88. The van der Waals surface area contributed by atoms with Gasteiger partial charge in [0.1, 0.15) is 12.2 Å². The first kappa shape index (κ1) is 26.1. The molecule has 0 fully saturated rings. The second kappa shape index (κ2) is 10.4. The van der Waals surface area contributed by atoms with E-state index in [9.17, 15) is 9.59 Å². The van der Waals surface area contributed by atoms with Crippen LogP contribution >= 0.6 is 22.9 Å². The molecule has 0 saturated heterocycles. The number of thiazole rings is 1. The highest BCUT2D eigenvalue weighted by Crippen LogP contribution is 2.45. The molecule has 3 heterocycles. The molecule has 1 atom stereocenters. The summed E-state index contributed by atoms with van der Waals surface area (Å²) < 4.78 is 18.1. The van der Waals surface area contributed by atoms with Crippen molar-refractivity contribution in [3.8, 4) is 11.5 Å². The fourth-order valence-corrected chi connectivity index (χ4v) is 5.94. The van der Waals surface area contributed by atoms with Crippen molar-refractivity contribution in [1.29, 1.82) is 0 Å². The van der Waals surface area contributed by atoms with Crippen molar-refractivity contribution < 1.29 is 18.7 Å². The molecule has 5 aromatic rings. The van der Waals surface area contributed by atoms with E-state index in [1.807, 2.05) is 69.3 Å². The molecule has 7 nitrogen and oxygen atoms in total. The highest BCUT2D eigenvalue weighted by atomic mass is 35.5. The highest BCUT2D eigenvalue weighted by molar-refractivity contribution is 7.15. The van der Waals surface area contributed by atoms with Crippen LogP contribution in [-0.4, -0.2) is 17.5 Å². The zero-order chi connectivity index (χ0) is 28.0. The number of carbonyl (C=O) groups is 1. The van der Waals surface area contributed by atoms with Crippen LogP contribution in [0.5, 0.6) is 11.5 Å². The number of nitrogens with zero attached hydrogens (tertiary/aromatic N) is 2. The minimum atomic E-state index is -0.783. The maximum atomic E-state index is 13.9. The number of hydrogen-bond donors (Lipinski definition) is 0. The third-order valence-corrected chi connectivity index (χ3v) is 8.18. The molecule has 0 spiro atoms. The van der Waals surface area contributed by atoms with Gasteiger partial charge >= 0.3 is 0 Å². The Balaban J connectivity index is 1.51. The summed E-state index contributed by atoms with van der Waals surface area (Å²) >= 11 is 7.61. The molecule has 0 saturated carbocycles. The quantitative estimate of drug-likeness (QED) is 0.204. The smallest absolute Gasteiger partial charge is 0.297 e. The lowest BCUT2D eigenvalue weighted by molar-refractivity contribution is 0.0971. The first-order valence-corrected chi connectivity index (χ1v) is 14.0. The van der Waals surface area contributed by atoms with Crippen LogP contribution in [0.3, 0.4) is 0 Å². The summed E-state index contributed by atoms with van der Waals surface area (Å²) in [6.45, 7) is 6.51. The Morgan fingerprint density at radius 3 is 2.52 bits per heavy atom. The van der Waals surface area contributed by atoms with Crippen molar-refractivity contribution >= 4 is 44.9 Å². The number of carbonyl (C=O) groups excluding carboxylic acids is 1. The zero-order valence-electron chi connectivity index (χ0n) is 22.1. The largest absolute Gasteiger partial charge is 0.490 e. The van der Waals surface area contributed by atoms with Gasteiger partial charge in [0.25, 0.3) is 5.91 Å². The lowest BCUT2D eigenvalue weighted by atomic mass is 9.98. The lowest BCUT2D eigenvalue weighted by Crippen LogP contribution is -2.29. The van der Waals surface area contributed by atoms with Crippen molar-refractivity contribution in [2.24, 2.45) is 0 Å². The summed E-state index contributed by atoms with van der Waals surface area (Å²) in [5.74, 6) is 0.642. The van der Waals surface area contributed by atoms with Crippen LogP contribution in [0.1, 0.15) is 50.8 Å². The number of halogens is 1. The molecule has 1 aliphatic rings. The predicted molar refractivity (Wildman–Crippen MR) is 156 cm³/mol. The lowest BCUT2D eigenvalue weighted by Gasteiger charge is -2.23. The van der Waals surface area contributed by atoms with Gasteiger partial charge in [-0.1, -0.05) is 48.0 Å². The number of benzene rings is 3. The summed E-state index contributed by atoms with van der Waals surface area (Å²) in [5, 5.41) is 1.20. The van der Waals surface area contributed by atoms with Crippen molar-refractivity contribution in [3.05, 3.63) is 115 Å². The second-order valence-corrected chi connectivity index (χ2v) is 11.1. The Bertz CT molecular complexity index is 1800. The van der Waals surface area contributed by atoms with Crippen LogP contribution in [0, 0.1) is 13.8 Å². The standard InChI is InChI=1S/C31H25ClN2O5S/c1-4-37-25-14-20(10-12-24(25)38-16-19-8-6-5-7-9-19)27-26-28(35)22-15-21(32)11-13-23(22)39-29(26)30(36)34(27)31-33-17(2)18(3)40-31/h5-15,27H,4,16H2,1-3H3/t27-/m1/s1. The Kier molecular flexibility index (Phi) is 6.82. The van der Waals surface area contributed by atoms with E-state index < -0.39 is 11.9 Å².